The molecule has 0 radical (unpaired) electrons. The third-order valence-corrected chi connectivity index (χ3v) is 4.90. The topological polar surface area (TPSA) is 41.7 Å². The number of anilines is 1. The monoisotopic (exact) mass is 275 g/mol. The van der Waals surface area contributed by atoms with Crippen LogP contribution in [0.3, 0.4) is 0 Å². The van der Waals surface area contributed by atoms with Gasteiger partial charge in [0.25, 0.3) is 0 Å². The van der Waals surface area contributed by atoms with Crippen LogP contribution < -0.4 is 15.4 Å². The fraction of sp³-hybridized carbons (Fsp3) is 0.625. The van der Waals surface area contributed by atoms with Crippen LogP contribution in [0, 0.1) is 5.92 Å². The largest absolute Gasteiger partial charge is 0.497 e. The summed E-state index contributed by atoms with van der Waals surface area (Å²) in [4.78, 5) is 5.10. The maximum atomic E-state index is 5.83. The summed E-state index contributed by atoms with van der Waals surface area (Å²) in [7, 11) is 1.71. The number of rotatable bonds is 4. The van der Waals surface area contributed by atoms with E-state index in [9.17, 15) is 0 Å². The van der Waals surface area contributed by atoms with Gasteiger partial charge >= 0.3 is 0 Å². The van der Waals surface area contributed by atoms with E-state index in [0.717, 1.165) is 50.4 Å². The highest BCUT2D eigenvalue weighted by Gasteiger charge is 2.35. The number of ether oxygens (including phenoxy) is 1. The maximum Gasteiger partial charge on any atom is 0.119 e. The van der Waals surface area contributed by atoms with Crippen molar-refractivity contribution in [3.8, 4) is 5.75 Å². The molecule has 20 heavy (non-hydrogen) atoms. The van der Waals surface area contributed by atoms with Gasteiger partial charge in [-0.1, -0.05) is 0 Å². The van der Waals surface area contributed by atoms with Gasteiger partial charge < -0.3 is 15.4 Å². The molecule has 0 spiro atoms. The molecule has 1 heterocycles. The van der Waals surface area contributed by atoms with Crippen LogP contribution in [-0.2, 0) is 0 Å². The molecule has 1 aromatic carbocycles. The van der Waals surface area contributed by atoms with Gasteiger partial charge in [0.15, 0.2) is 0 Å². The van der Waals surface area contributed by atoms with E-state index in [1.165, 1.54) is 18.5 Å². The van der Waals surface area contributed by atoms with Gasteiger partial charge in [0.1, 0.15) is 5.75 Å². The Kier molecular flexibility index (Phi) is 4.13. The van der Waals surface area contributed by atoms with Crippen molar-refractivity contribution in [2.75, 3.05) is 44.7 Å². The molecule has 110 valence electrons. The first-order chi connectivity index (χ1) is 9.81. The lowest BCUT2D eigenvalue weighted by Crippen LogP contribution is -2.56. The lowest BCUT2D eigenvalue weighted by molar-refractivity contribution is 0.0619. The van der Waals surface area contributed by atoms with Crippen molar-refractivity contribution in [2.45, 2.75) is 18.9 Å². The van der Waals surface area contributed by atoms with Gasteiger partial charge in [-0.15, -0.1) is 0 Å². The molecule has 1 aromatic rings. The van der Waals surface area contributed by atoms with Crippen molar-refractivity contribution >= 4 is 5.69 Å². The van der Waals surface area contributed by atoms with Crippen molar-refractivity contribution in [1.82, 2.24) is 4.90 Å². The van der Waals surface area contributed by atoms with E-state index in [0.29, 0.717) is 0 Å². The number of piperazine rings is 1. The normalized spacial score (nSPS) is 27.2. The van der Waals surface area contributed by atoms with Crippen LogP contribution >= 0.6 is 0 Å². The first-order valence-corrected chi connectivity index (χ1v) is 7.65. The molecule has 0 bridgehead atoms. The fourth-order valence-electron chi connectivity index (χ4n) is 3.41. The quantitative estimate of drug-likeness (QED) is 0.905. The van der Waals surface area contributed by atoms with E-state index in [-0.39, 0.29) is 0 Å². The van der Waals surface area contributed by atoms with Gasteiger partial charge in [-0.05, 0) is 49.6 Å². The van der Waals surface area contributed by atoms with Gasteiger partial charge in [0, 0.05) is 37.9 Å². The smallest absolute Gasteiger partial charge is 0.119 e. The van der Waals surface area contributed by atoms with Crippen LogP contribution in [0.1, 0.15) is 12.8 Å². The molecule has 2 N–H and O–H groups in total. The van der Waals surface area contributed by atoms with E-state index in [1.807, 2.05) is 12.1 Å². The van der Waals surface area contributed by atoms with Crippen molar-refractivity contribution in [2.24, 2.45) is 11.7 Å². The fourth-order valence-corrected chi connectivity index (χ4v) is 3.41. The number of benzene rings is 1. The predicted octanol–water partition coefficient (Wildman–Crippen LogP) is 1.55. The number of hydrogen-bond acceptors (Lipinski definition) is 4. The molecule has 4 nitrogen and oxygen atoms in total. The van der Waals surface area contributed by atoms with E-state index in [2.05, 4.69) is 21.9 Å². The lowest BCUT2D eigenvalue weighted by Gasteiger charge is -2.47. The minimum absolute atomic E-state index is 0.738. The second-order valence-corrected chi connectivity index (χ2v) is 5.86. The first-order valence-electron chi connectivity index (χ1n) is 7.65. The second kappa shape index (κ2) is 6.02. The second-order valence-electron chi connectivity index (χ2n) is 5.86. The van der Waals surface area contributed by atoms with Gasteiger partial charge in [-0.25, -0.2) is 0 Å². The average Bonchev–Trinajstić information content (AvgIpc) is 2.48. The van der Waals surface area contributed by atoms with E-state index in [4.69, 9.17) is 10.5 Å². The molecule has 2 aliphatic rings. The van der Waals surface area contributed by atoms with Crippen LogP contribution in [0.15, 0.2) is 24.3 Å². The van der Waals surface area contributed by atoms with Crippen LogP contribution in [0.5, 0.6) is 5.75 Å². The third-order valence-electron chi connectivity index (χ3n) is 4.90. The van der Waals surface area contributed by atoms with Crippen LogP contribution in [0.25, 0.3) is 0 Å². The van der Waals surface area contributed by atoms with E-state index in [1.54, 1.807) is 7.11 Å². The summed E-state index contributed by atoms with van der Waals surface area (Å²) in [6.07, 6.45) is 2.66. The molecular formula is C16H25N3O. The van der Waals surface area contributed by atoms with Crippen LogP contribution in [0.2, 0.25) is 0 Å². The third kappa shape index (κ3) is 2.63. The minimum atomic E-state index is 0.738. The van der Waals surface area contributed by atoms with Crippen molar-refractivity contribution in [3.05, 3.63) is 24.3 Å². The molecule has 0 aromatic heterocycles. The number of hydrogen-bond donors (Lipinski definition) is 1. The molecule has 2 atom stereocenters. The van der Waals surface area contributed by atoms with Crippen molar-refractivity contribution in [1.29, 1.82) is 0 Å². The zero-order chi connectivity index (χ0) is 13.9. The summed E-state index contributed by atoms with van der Waals surface area (Å²) in [6, 6.07) is 9.13. The molecule has 4 heteroatoms. The molecule has 2 unspecified atom stereocenters. The predicted molar refractivity (Wildman–Crippen MR) is 82.3 cm³/mol. The Hall–Kier alpha value is -1.26. The Labute approximate surface area is 121 Å². The molecule has 1 saturated heterocycles. The van der Waals surface area contributed by atoms with Gasteiger partial charge in [0.2, 0.25) is 0 Å². The van der Waals surface area contributed by atoms with Gasteiger partial charge in [-0.3, -0.25) is 4.90 Å². The Bertz CT molecular complexity index is 424. The van der Waals surface area contributed by atoms with E-state index < -0.39 is 0 Å². The number of nitrogens with zero attached hydrogens (tertiary/aromatic N) is 2. The van der Waals surface area contributed by atoms with Gasteiger partial charge in [-0.2, -0.15) is 0 Å². The maximum absolute atomic E-state index is 5.83. The van der Waals surface area contributed by atoms with Crippen molar-refractivity contribution in [3.63, 3.8) is 0 Å². The van der Waals surface area contributed by atoms with Crippen LogP contribution in [-0.4, -0.2) is 50.8 Å². The molecule has 1 saturated carbocycles. The highest BCUT2D eigenvalue weighted by atomic mass is 16.5. The molecule has 0 amide bonds. The lowest BCUT2D eigenvalue weighted by atomic mass is 9.78. The highest BCUT2D eigenvalue weighted by molar-refractivity contribution is 5.49. The highest BCUT2D eigenvalue weighted by Crippen LogP contribution is 2.32. The Balaban J connectivity index is 1.55. The number of methoxy groups -OCH3 is 1. The molecule has 1 aliphatic carbocycles. The van der Waals surface area contributed by atoms with Crippen LogP contribution in [0.4, 0.5) is 5.69 Å². The summed E-state index contributed by atoms with van der Waals surface area (Å²) in [5, 5.41) is 0. The Morgan fingerprint density at radius 3 is 2.30 bits per heavy atom. The number of nitrogens with two attached hydrogens (primary N) is 1. The summed E-state index contributed by atoms with van der Waals surface area (Å²) >= 11 is 0. The summed E-state index contributed by atoms with van der Waals surface area (Å²) < 4.78 is 5.21. The minimum Gasteiger partial charge on any atom is -0.497 e. The van der Waals surface area contributed by atoms with Gasteiger partial charge in [0.05, 0.1) is 7.11 Å². The SMILES string of the molecule is COc1ccc(N2CCN(C3CCC3CN)CC2)cc1. The summed E-state index contributed by atoms with van der Waals surface area (Å²) in [5.74, 6) is 1.66. The molecule has 3 rings (SSSR count). The standard InChI is InChI=1S/C16H25N3O/c1-20-15-5-3-14(4-6-15)18-8-10-19(11-9-18)16-7-2-13(16)12-17/h3-6,13,16H,2,7-12,17H2,1H3. The molecule has 2 fully saturated rings. The average molecular weight is 275 g/mol. The zero-order valence-electron chi connectivity index (χ0n) is 12.3. The van der Waals surface area contributed by atoms with E-state index >= 15 is 0 Å². The molecule has 1 aliphatic heterocycles. The Morgan fingerprint density at radius 1 is 1.10 bits per heavy atom. The van der Waals surface area contributed by atoms with Crippen molar-refractivity contribution < 1.29 is 4.74 Å². The Morgan fingerprint density at radius 2 is 1.80 bits per heavy atom. The zero-order valence-corrected chi connectivity index (χ0v) is 12.3. The molecular weight excluding hydrogens is 250 g/mol. The first kappa shape index (κ1) is 13.7. The summed E-state index contributed by atoms with van der Waals surface area (Å²) in [5.41, 5.74) is 7.13. The summed E-state index contributed by atoms with van der Waals surface area (Å²) in [6.45, 7) is 5.39.